The highest BCUT2D eigenvalue weighted by atomic mass is 32.1. The average Bonchev–Trinajstić information content (AvgIpc) is 3.05. The van der Waals surface area contributed by atoms with Crippen molar-refractivity contribution in [1.82, 2.24) is 10.3 Å². The van der Waals surface area contributed by atoms with Gasteiger partial charge < -0.3 is 14.8 Å². The van der Waals surface area contributed by atoms with E-state index >= 15 is 0 Å². The van der Waals surface area contributed by atoms with E-state index in [9.17, 15) is 4.79 Å². The van der Waals surface area contributed by atoms with Gasteiger partial charge in [0.05, 0.1) is 29.5 Å². The number of nitrogens with one attached hydrogen (secondary N) is 1. The second kappa shape index (κ2) is 7.21. The summed E-state index contributed by atoms with van der Waals surface area (Å²) >= 11 is 1.59. The first-order valence-corrected chi connectivity index (χ1v) is 9.04. The summed E-state index contributed by atoms with van der Waals surface area (Å²) in [4.78, 5) is 16.7. The van der Waals surface area contributed by atoms with Crippen molar-refractivity contribution in [3.8, 4) is 5.75 Å². The van der Waals surface area contributed by atoms with E-state index < -0.39 is 0 Å². The lowest BCUT2D eigenvalue weighted by molar-refractivity contribution is -0.127. The third-order valence-electron chi connectivity index (χ3n) is 4.09. The molecule has 0 unspecified atom stereocenters. The minimum absolute atomic E-state index is 0.0233. The molecule has 0 bridgehead atoms. The molecule has 1 amide bonds. The van der Waals surface area contributed by atoms with E-state index in [-0.39, 0.29) is 18.6 Å². The lowest BCUT2D eigenvalue weighted by atomic mass is 10.0. The molecule has 1 aromatic heterocycles. The first kappa shape index (κ1) is 16.1. The quantitative estimate of drug-likeness (QED) is 0.762. The average molecular weight is 354 g/mol. The number of carbonyl (C=O) groups is 1. The maximum atomic E-state index is 12.2. The molecule has 5 nitrogen and oxygen atoms in total. The Morgan fingerprint density at radius 3 is 3.00 bits per heavy atom. The van der Waals surface area contributed by atoms with Crippen LogP contribution in [0.25, 0.3) is 10.2 Å². The van der Waals surface area contributed by atoms with E-state index in [2.05, 4.69) is 10.3 Å². The number of para-hydroxylation sites is 2. The molecule has 2 heterocycles. The van der Waals surface area contributed by atoms with Crippen molar-refractivity contribution in [2.75, 3.05) is 13.2 Å². The van der Waals surface area contributed by atoms with Gasteiger partial charge in [0.2, 0.25) is 5.91 Å². The minimum Gasteiger partial charge on any atom is -0.493 e. The summed E-state index contributed by atoms with van der Waals surface area (Å²) in [6.07, 6.45) is 0.765. The van der Waals surface area contributed by atoms with Gasteiger partial charge in [-0.3, -0.25) is 4.79 Å². The van der Waals surface area contributed by atoms with Crippen LogP contribution in [0.15, 0.2) is 48.5 Å². The molecule has 2 aromatic carbocycles. The number of hydrogen-bond acceptors (Lipinski definition) is 5. The number of hydrogen-bond donors (Lipinski definition) is 1. The zero-order valence-corrected chi connectivity index (χ0v) is 14.4. The van der Waals surface area contributed by atoms with Crippen molar-refractivity contribution in [3.63, 3.8) is 0 Å². The van der Waals surface area contributed by atoms with Crippen molar-refractivity contribution >= 4 is 27.5 Å². The number of ether oxygens (including phenoxy) is 2. The summed E-state index contributed by atoms with van der Waals surface area (Å²) in [5, 5.41) is 3.91. The Morgan fingerprint density at radius 1 is 1.24 bits per heavy atom. The first-order valence-electron chi connectivity index (χ1n) is 8.23. The van der Waals surface area contributed by atoms with Crippen LogP contribution in [0.5, 0.6) is 5.75 Å². The topological polar surface area (TPSA) is 60.5 Å². The SMILES string of the molecule is O=C(COCc1nc2ccccc2s1)N[C@H]1CCOc2ccccc21. The monoisotopic (exact) mass is 354 g/mol. The number of aromatic nitrogens is 1. The van der Waals surface area contributed by atoms with Crippen LogP contribution in [-0.4, -0.2) is 24.1 Å². The molecule has 4 rings (SSSR count). The molecule has 25 heavy (non-hydrogen) atoms. The molecule has 0 radical (unpaired) electrons. The van der Waals surface area contributed by atoms with Crippen LogP contribution in [0.3, 0.4) is 0 Å². The predicted molar refractivity (Wildman–Crippen MR) is 96.7 cm³/mol. The van der Waals surface area contributed by atoms with E-state index in [1.807, 2.05) is 48.5 Å². The molecule has 1 N–H and O–H groups in total. The third-order valence-corrected chi connectivity index (χ3v) is 5.10. The van der Waals surface area contributed by atoms with E-state index in [1.54, 1.807) is 11.3 Å². The highest BCUT2D eigenvalue weighted by molar-refractivity contribution is 7.18. The van der Waals surface area contributed by atoms with Gasteiger partial charge in [-0.05, 0) is 18.2 Å². The van der Waals surface area contributed by atoms with E-state index in [0.717, 1.165) is 33.0 Å². The lowest BCUT2D eigenvalue weighted by Gasteiger charge is -2.26. The van der Waals surface area contributed by atoms with Gasteiger partial charge in [-0.15, -0.1) is 11.3 Å². The molecule has 0 aliphatic carbocycles. The number of rotatable bonds is 5. The van der Waals surface area contributed by atoms with Crippen molar-refractivity contribution in [2.45, 2.75) is 19.1 Å². The van der Waals surface area contributed by atoms with Crippen molar-refractivity contribution in [2.24, 2.45) is 0 Å². The predicted octanol–water partition coefficient (Wildman–Crippen LogP) is 3.45. The zero-order valence-electron chi connectivity index (χ0n) is 13.6. The number of thiazole rings is 1. The lowest BCUT2D eigenvalue weighted by Crippen LogP contribution is -2.34. The molecule has 1 aliphatic heterocycles. The van der Waals surface area contributed by atoms with Crippen LogP contribution in [0.1, 0.15) is 23.0 Å². The van der Waals surface area contributed by atoms with Crippen LogP contribution in [0, 0.1) is 0 Å². The summed E-state index contributed by atoms with van der Waals surface area (Å²) in [7, 11) is 0. The highest BCUT2D eigenvalue weighted by Gasteiger charge is 2.22. The Balaban J connectivity index is 1.31. The van der Waals surface area contributed by atoms with Crippen molar-refractivity contribution in [3.05, 3.63) is 59.1 Å². The Bertz CT molecular complexity index is 860. The van der Waals surface area contributed by atoms with Crippen molar-refractivity contribution in [1.29, 1.82) is 0 Å². The molecule has 0 saturated carbocycles. The second-order valence-corrected chi connectivity index (χ2v) is 6.98. The van der Waals surface area contributed by atoms with Gasteiger partial charge in [0.1, 0.15) is 17.4 Å². The molecule has 0 spiro atoms. The molecular formula is C19H18N2O3S. The number of fused-ring (bicyclic) bond motifs is 2. The summed E-state index contributed by atoms with van der Waals surface area (Å²) in [6, 6.07) is 15.7. The molecular weight excluding hydrogens is 336 g/mol. The summed E-state index contributed by atoms with van der Waals surface area (Å²) in [6.45, 7) is 0.973. The van der Waals surface area contributed by atoms with Gasteiger partial charge >= 0.3 is 0 Å². The van der Waals surface area contributed by atoms with E-state index in [4.69, 9.17) is 9.47 Å². The van der Waals surface area contributed by atoms with Gasteiger partial charge in [0, 0.05) is 12.0 Å². The fourth-order valence-corrected chi connectivity index (χ4v) is 3.85. The number of benzene rings is 2. The van der Waals surface area contributed by atoms with Gasteiger partial charge in [0.25, 0.3) is 0 Å². The summed E-state index contributed by atoms with van der Waals surface area (Å²) < 4.78 is 12.3. The Labute approximate surface area is 149 Å². The van der Waals surface area contributed by atoms with Gasteiger partial charge in [0.15, 0.2) is 0 Å². The first-order chi connectivity index (χ1) is 12.3. The fraction of sp³-hybridized carbons (Fsp3) is 0.263. The number of nitrogens with zero attached hydrogens (tertiary/aromatic N) is 1. The van der Waals surface area contributed by atoms with Crippen LogP contribution in [-0.2, 0) is 16.1 Å². The van der Waals surface area contributed by atoms with Crippen LogP contribution < -0.4 is 10.1 Å². The Kier molecular flexibility index (Phi) is 4.63. The molecule has 0 saturated heterocycles. The van der Waals surface area contributed by atoms with E-state index in [1.165, 1.54) is 0 Å². The molecule has 0 fully saturated rings. The molecule has 6 heteroatoms. The molecule has 1 aliphatic rings. The largest absolute Gasteiger partial charge is 0.493 e. The molecule has 128 valence electrons. The van der Waals surface area contributed by atoms with Crippen molar-refractivity contribution < 1.29 is 14.3 Å². The minimum atomic E-state index is -0.122. The standard InChI is InChI=1S/C19H18N2O3S/c22-18(20-14-9-10-24-16-7-3-1-5-13(14)16)11-23-12-19-21-15-6-2-4-8-17(15)25-19/h1-8,14H,9-12H2,(H,20,22)/t14-/m0/s1. The smallest absolute Gasteiger partial charge is 0.246 e. The second-order valence-electron chi connectivity index (χ2n) is 5.86. The van der Waals surface area contributed by atoms with Gasteiger partial charge in [-0.1, -0.05) is 30.3 Å². The van der Waals surface area contributed by atoms with Crippen LogP contribution >= 0.6 is 11.3 Å². The Hall–Kier alpha value is -2.44. The maximum Gasteiger partial charge on any atom is 0.246 e. The summed E-state index contributed by atoms with van der Waals surface area (Å²) in [5.74, 6) is 0.720. The summed E-state index contributed by atoms with van der Waals surface area (Å²) in [5.41, 5.74) is 1.99. The number of carbonyl (C=O) groups excluding carboxylic acids is 1. The van der Waals surface area contributed by atoms with Crippen LogP contribution in [0.4, 0.5) is 0 Å². The Morgan fingerprint density at radius 2 is 2.08 bits per heavy atom. The van der Waals surface area contributed by atoms with Gasteiger partial charge in [-0.25, -0.2) is 4.98 Å². The maximum absolute atomic E-state index is 12.2. The zero-order chi connectivity index (χ0) is 17.1. The number of amides is 1. The highest BCUT2D eigenvalue weighted by Crippen LogP contribution is 2.31. The van der Waals surface area contributed by atoms with E-state index in [0.29, 0.717) is 13.2 Å². The normalized spacial score (nSPS) is 16.2. The third kappa shape index (κ3) is 3.65. The fourth-order valence-electron chi connectivity index (χ4n) is 2.94. The van der Waals surface area contributed by atoms with Crippen LogP contribution in [0.2, 0.25) is 0 Å². The molecule has 3 aromatic rings. The van der Waals surface area contributed by atoms with Gasteiger partial charge in [-0.2, -0.15) is 0 Å². The molecule has 1 atom stereocenters.